The molecule has 0 bridgehead atoms. The predicted molar refractivity (Wildman–Crippen MR) is 58.2 cm³/mol. The summed E-state index contributed by atoms with van der Waals surface area (Å²) >= 11 is 0. The van der Waals surface area contributed by atoms with E-state index in [1.807, 2.05) is 0 Å². The van der Waals surface area contributed by atoms with E-state index in [9.17, 15) is 4.79 Å². The van der Waals surface area contributed by atoms with E-state index in [4.69, 9.17) is 4.74 Å². The van der Waals surface area contributed by atoms with E-state index in [1.54, 1.807) is 0 Å². The third-order valence-corrected chi connectivity index (χ3v) is 2.14. The van der Waals surface area contributed by atoms with Gasteiger partial charge in [0.25, 0.3) is 0 Å². The van der Waals surface area contributed by atoms with Gasteiger partial charge in [-0.15, -0.1) is 0 Å². The van der Waals surface area contributed by atoms with Gasteiger partial charge in [0.05, 0.1) is 0 Å². The van der Waals surface area contributed by atoms with Gasteiger partial charge in [-0.05, 0) is 25.3 Å². The molecule has 1 atom stereocenters. The van der Waals surface area contributed by atoms with Crippen molar-refractivity contribution < 1.29 is 9.53 Å². The second kappa shape index (κ2) is 7.80. The zero-order valence-electron chi connectivity index (χ0n) is 9.80. The van der Waals surface area contributed by atoms with Crippen LogP contribution in [0.1, 0.15) is 40.5 Å². The Labute approximate surface area is 87.2 Å². The first-order chi connectivity index (χ1) is 6.56. The van der Waals surface area contributed by atoms with Gasteiger partial charge in [-0.1, -0.05) is 20.8 Å². The molecule has 0 aromatic heterocycles. The van der Waals surface area contributed by atoms with Gasteiger partial charge in [0.2, 0.25) is 0 Å². The third-order valence-electron chi connectivity index (χ3n) is 2.14. The first-order valence-electron chi connectivity index (χ1n) is 5.43. The van der Waals surface area contributed by atoms with E-state index in [0.717, 1.165) is 19.4 Å². The molecule has 1 unspecified atom stereocenters. The standard InChI is InChI=1S/C11H23NO2/c1-5-11(8-14-10(4)13)12-7-6-9(2)3/h9,11-12H,5-8H2,1-4H3. The summed E-state index contributed by atoms with van der Waals surface area (Å²) in [7, 11) is 0. The van der Waals surface area contributed by atoms with Crippen LogP contribution in [-0.4, -0.2) is 25.2 Å². The molecule has 0 amide bonds. The van der Waals surface area contributed by atoms with Crippen LogP contribution in [0.15, 0.2) is 0 Å². The molecule has 0 saturated heterocycles. The van der Waals surface area contributed by atoms with E-state index >= 15 is 0 Å². The third kappa shape index (κ3) is 8.05. The smallest absolute Gasteiger partial charge is 0.302 e. The van der Waals surface area contributed by atoms with Gasteiger partial charge in [0.15, 0.2) is 0 Å². The Balaban J connectivity index is 3.52. The first kappa shape index (κ1) is 13.4. The van der Waals surface area contributed by atoms with Crippen molar-refractivity contribution in [1.29, 1.82) is 0 Å². The van der Waals surface area contributed by atoms with E-state index in [1.165, 1.54) is 6.92 Å². The Morgan fingerprint density at radius 3 is 2.50 bits per heavy atom. The summed E-state index contributed by atoms with van der Waals surface area (Å²) in [5.74, 6) is 0.517. The highest BCUT2D eigenvalue weighted by Crippen LogP contribution is 1.99. The van der Waals surface area contributed by atoms with Crippen molar-refractivity contribution >= 4 is 5.97 Å². The lowest BCUT2D eigenvalue weighted by molar-refractivity contribution is -0.141. The average Bonchev–Trinajstić information content (AvgIpc) is 2.10. The van der Waals surface area contributed by atoms with Gasteiger partial charge in [-0.2, -0.15) is 0 Å². The number of hydrogen-bond donors (Lipinski definition) is 1. The van der Waals surface area contributed by atoms with Crippen molar-refractivity contribution in [3.8, 4) is 0 Å². The Hall–Kier alpha value is -0.570. The van der Waals surface area contributed by atoms with E-state index in [-0.39, 0.29) is 5.97 Å². The number of rotatable bonds is 7. The highest BCUT2D eigenvalue weighted by Gasteiger charge is 2.07. The minimum atomic E-state index is -0.200. The van der Waals surface area contributed by atoms with Gasteiger partial charge in [0.1, 0.15) is 6.61 Å². The van der Waals surface area contributed by atoms with Gasteiger partial charge >= 0.3 is 5.97 Å². The molecule has 0 heterocycles. The van der Waals surface area contributed by atoms with Crippen molar-refractivity contribution in [3.63, 3.8) is 0 Å². The molecular weight excluding hydrogens is 178 g/mol. The summed E-state index contributed by atoms with van der Waals surface area (Å²) in [6, 6.07) is 0.303. The maximum atomic E-state index is 10.6. The molecule has 0 aromatic carbocycles. The van der Waals surface area contributed by atoms with Gasteiger partial charge < -0.3 is 10.1 Å². The number of nitrogens with one attached hydrogen (secondary N) is 1. The minimum Gasteiger partial charge on any atom is -0.464 e. The first-order valence-corrected chi connectivity index (χ1v) is 5.43. The fourth-order valence-corrected chi connectivity index (χ4v) is 1.12. The molecule has 0 spiro atoms. The summed E-state index contributed by atoms with van der Waals surface area (Å²) in [5.41, 5.74) is 0. The Morgan fingerprint density at radius 2 is 2.07 bits per heavy atom. The van der Waals surface area contributed by atoms with E-state index in [2.05, 4.69) is 26.1 Å². The van der Waals surface area contributed by atoms with Crippen LogP contribution in [-0.2, 0) is 9.53 Å². The van der Waals surface area contributed by atoms with Crippen LogP contribution in [0.4, 0.5) is 0 Å². The second-order valence-electron chi connectivity index (χ2n) is 4.04. The summed E-state index contributed by atoms with van der Waals surface area (Å²) in [4.78, 5) is 10.6. The van der Waals surface area contributed by atoms with Gasteiger partial charge in [0, 0.05) is 13.0 Å². The molecule has 0 saturated carbocycles. The molecule has 0 fully saturated rings. The predicted octanol–water partition coefficient (Wildman–Crippen LogP) is 1.96. The molecule has 84 valence electrons. The normalized spacial score (nSPS) is 12.9. The highest BCUT2D eigenvalue weighted by molar-refractivity contribution is 5.65. The van der Waals surface area contributed by atoms with Gasteiger partial charge in [-0.25, -0.2) is 0 Å². The maximum Gasteiger partial charge on any atom is 0.302 e. The molecule has 0 radical (unpaired) electrons. The van der Waals surface area contributed by atoms with Crippen LogP contribution in [0.3, 0.4) is 0 Å². The van der Waals surface area contributed by atoms with Crippen LogP contribution in [0, 0.1) is 5.92 Å². The minimum absolute atomic E-state index is 0.200. The highest BCUT2D eigenvalue weighted by atomic mass is 16.5. The molecule has 0 rings (SSSR count). The second-order valence-corrected chi connectivity index (χ2v) is 4.04. The van der Waals surface area contributed by atoms with Crippen LogP contribution in [0.2, 0.25) is 0 Å². The van der Waals surface area contributed by atoms with Crippen molar-refractivity contribution in [1.82, 2.24) is 5.32 Å². The van der Waals surface area contributed by atoms with Crippen molar-refractivity contribution in [3.05, 3.63) is 0 Å². The topological polar surface area (TPSA) is 38.3 Å². The lowest BCUT2D eigenvalue weighted by Crippen LogP contribution is -2.34. The molecule has 3 heteroatoms. The summed E-state index contributed by atoms with van der Waals surface area (Å²) < 4.78 is 4.95. The summed E-state index contributed by atoms with van der Waals surface area (Å²) in [6.07, 6.45) is 2.15. The number of ether oxygens (including phenoxy) is 1. The average molecular weight is 201 g/mol. The zero-order valence-corrected chi connectivity index (χ0v) is 9.80. The molecule has 14 heavy (non-hydrogen) atoms. The lowest BCUT2D eigenvalue weighted by Gasteiger charge is -2.17. The van der Waals surface area contributed by atoms with Crippen molar-refractivity contribution in [2.45, 2.75) is 46.6 Å². The summed E-state index contributed by atoms with van der Waals surface area (Å²) in [6.45, 7) is 9.43. The van der Waals surface area contributed by atoms with Crippen LogP contribution < -0.4 is 5.32 Å². The fraction of sp³-hybridized carbons (Fsp3) is 0.909. The Bertz CT molecular complexity index is 157. The van der Waals surface area contributed by atoms with E-state index < -0.39 is 0 Å². The Kier molecular flexibility index (Phi) is 7.48. The van der Waals surface area contributed by atoms with Crippen molar-refractivity contribution in [2.24, 2.45) is 5.92 Å². The molecular formula is C11H23NO2. The molecule has 0 aliphatic carbocycles. The molecule has 1 N–H and O–H groups in total. The van der Waals surface area contributed by atoms with Crippen LogP contribution >= 0.6 is 0 Å². The van der Waals surface area contributed by atoms with Crippen LogP contribution in [0.25, 0.3) is 0 Å². The van der Waals surface area contributed by atoms with Gasteiger partial charge in [-0.3, -0.25) is 4.79 Å². The number of hydrogen-bond acceptors (Lipinski definition) is 3. The number of carbonyl (C=O) groups excluding carboxylic acids is 1. The molecule has 3 nitrogen and oxygen atoms in total. The summed E-state index contributed by atoms with van der Waals surface area (Å²) in [5, 5.41) is 3.38. The Morgan fingerprint density at radius 1 is 1.43 bits per heavy atom. The SMILES string of the molecule is CCC(COC(C)=O)NCCC(C)C. The monoisotopic (exact) mass is 201 g/mol. The number of esters is 1. The maximum absolute atomic E-state index is 10.6. The van der Waals surface area contributed by atoms with Crippen molar-refractivity contribution in [2.75, 3.05) is 13.2 Å². The fourth-order valence-electron chi connectivity index (χ4n) is 1.12. The zero-order chi connectivity index (χ0) is 11.0. The molecule has 0 aliphatic rings. The van der Waals surface area contributed by atoms with Crippen LogP contribution in [0.5, 0.6) is 0 Å². The quantitative estimate of drug-likeness (QED) is 0.640. The number of carbonyl (C=O) groups is 1. The molecule has 0 aliphatic heterocycles. The largest absolute Gasteiger partial charge is 0.464 e. The van der Waals surface area contributed by atoms with E-state index in [0.29, 0.717) is 18.6 Å². The molecule has 0 aromatic rings. The lowest BCUT2D eigenvalue weighted by atomic mass is 10.1.